The number of hydrogen-bond donors (Lipinski definition) is 1. The molecule has 1 saturated carbocycles. The molecule has 3 aliphatic rings. The van der Waals surface area contributed by atoms with E-state index in [0.717, 1.165) is 24.0 Å². The maximum Gasteiger partial charge on any atom is 0.324 e. The Balaban J connectivity index is 1.15. The van der Waals surface area contributed by atoms with Crippen molar-refractivity contribution in [3.05, 3.63) is 64.3 Å². The molecule has 0 unspecified atom stereocenters. The van der Waals surface area contributed by atoms with Gasteiger partial charge in [-0.15, -0.1) is 0 Å². The molecule has 0 radical (unpaired) electrons. The van der Waals surface area contributed by atoms with Gasteiger partial charge in [0.25, 0.3) is 11.8 Å². The Morgan fingerprint density at radius 3 is 2.40 bits per heavy atom. The summed E-state index contributed by atoms with van der Waals surface area (Å²) in [6, 6.07) is 12.7. The van der Waals surface area contributed by atoms with Crippen LogP contribution in [0.3, 0.4) is 0 Å². The molecule has 0 bridgehead atoms. The Kier molecular flexibility index (Phi) is 6.35. The van der Waals surface area contributed by atoms with Gasteiger partial charge in [0.2, 0.25) is 0 Å². The molecule has 210 valence electrons. The van der Waals surface area contributed by atoms with Gasteiger partial charge in [-0.2, -0.15) is 9.89 Å². The quantitative estimate of drug-likeness (QED) is 0.386. The first kappa shape index (κ1) is 26.3. The Hall–Kier alpha value is -3.89. The van der Waals surface area contributed by atoms with Crippen LogP contribution in [-0.4, -0.2) is 52.7 Å². The highest BCUT2D eigenvalue weighted by Crippen LogP contribution is 2.49. The minimum Gasteiger partial charge on any atom is -0.481 e. The van der Waals surface area contributed by atoms with Crippen molar-refractivity contribution >= 4 is 11.9 Å². The van der Waals surface area contributed by atoms with Crippen LogP contribution in [0.5, 0.6) is 5.75 Å². The number of aromatic nitrogens is 2. The molecular formula is C29H31F2N5O4. The van der Waals surface area contributed by atoms with Crippen molar-refractivity contribution in [3.8, 4) is 16.9 Å². The van der Waals surface area contributed by atoms with Gasteiger partial charge in [-0.05, 0) is 48.2 Å². The van der Waals surface area contributed by atoms with Crippen LogP contribution in [0.25, 0.3) is 11.1 Å². The molecule has 6 rings (SSSR count). The monoisotopic (exact) mass is 551 g/mol. The van der Waals surface area contributed by atoms with E-state index in [1.165, 1.54) is 0 Å². The van der Waals surface area contributed by atoms with Crippen LogP contribution < -0.4 is 15.0 Å². The van der Waals surface area contributed by atoms with Crippen molar-refractivity contribution < 1.29 is 22.8 Å². The summed E-state index contributed by atoms with van der Waals surface area (Å²) in [5.74, 6) is -2.14. The first-order valence-electron chi connectivity index (χ1n) is 13.6. The number of nitrogens with one attached hydrogen (secondary N) is 1. The number of rotatable bonds is 7. The molecule has 3 heterocycles. The number of carbonyl (C=O) groups is 1. The largest absolute Gasteiger partial charge is 0.481 e. The molecule has 11 heteroatoms. The molecule has 1 N–H and O–H groups in total. The van der Waals surface area contributed by atoms with E-state index in [2.05, 4.69) is 20.6 Å². The highest BCUT2D eigenvalue weighted by molar-refractivity contribution is 5.95. The normalized spacial score (nSPS) is 20.1. The lowest BCUT2D eigenvalue weighted by atomic mass is 9.79. The highest BCUT2D eigenvalue weighted by atomic mass is 19.3. The fourth-order valence-corrected chi connectivity index (χ4v) is 5.52. The maximum absolute atomic E-state index is 15.7. The number of ether oxygens (including phenoxy) is 1. The third kappa shape index (κ3) is 4.71. The molecular weight excluding hydrogens is 520 g/mol. The van der Waals surface area contributed by atoms with Crippen LogP contribution in [0.2, 0.25) is 0 Å². The average Bonchev–Trinajstić information content (AvgIpc) is 3.49. The van der Waals surface area contributed by atoms with Crippen LogP contribution >= 0.6 is 0 Å². The fraction of sp³-hybridized carbons (Fsp3) is 0.483. The molecule has 2 aromatic carbocycles. The summed E-state index contributed by atoms with van der Waals surface area (Å²) in [6.07, 6.45) is 1.33. The predicted molar refractivity (Wildman–Crippen MR) is 144 cm³/mol. The zero-order valence-corrected chi connectivity index (χ0v) is 22.5. The molecule has 1 amide bonds. The van der Waals surface area contributed by atoms with Crippen LogP contribution in [0.4, 0.5) is 14.8 Å². The molecule has 2 fully saturated rings. The number of anilines is 1. The van der Waals surface area contributed by atoms with E-state index in [1.807, 2.05) is 24.8 Å². The van der Waals surface area contributed by atoms with Gasteiger partial charge < -0.3 is 19.5 Å². The molecule has 40 heavy (non-hydrogen) atoms. The lowest BCUT2D eigenvalue weighted by Crippen LogP contribution is -2.61. The van der Waals surface area contributed by atoms with E-state index in [0.29, 0.717) is 41.8 Å². The van der Waals surface area contributed by atoms with Crippen molar-refractivity contribution in [2.24, 2.45) is 5.18 Å². The second-order valence-electron chi connectivity index (χ2n) is 11.5. The van der Waals surface area contributed by atoms with E-state index >= 15 is 8.78 Å². The fourth-order valence-electron chi connectivity index (χ4n) is 5.52. The third-order valence-corrected chi connectivity index (χ3v) is 8.31. The highest BCUT2D eigenvalue weighted by Gasteiger charge is 2.59. The van der Waals surface area contributed by atoms with Crippen LogP contribution in [0.1, 0.15) is 67.2 Å². The number of alkyl halides is 2. The number of hydrogen-bond acceptors (Lipinski definition) is 8. The zero-order chi connectivity index (χ0) is 28.1. The van der Waals surface area contributed by atoms with Crippen LogP contribution in [0.15, 0.2) is 52.2 Å². The number of amides is 1. The van der Waals surface area contributed by atoms with Gasteiger partial charge in [0.05, 0.1) is 5.54 Å². The van der Waals surface area contributed by atoms with E-state index < -0.39 is 23.5 Å². The van der Waals surface area contributed by atoms with Gasteiger partial charge >= 0.3 is 6.01 Å². The van der Waals surface area contributed by atoms with Gasteiger partial charge in [-0.3, -0.25) is 4.79 Å². The molecule has 3 aromatic rings. The SMILES string of the molecule is CC(C)c1noc(N2CCC3(CC2)Oc2ccc(-c4ccc(C(=O)NC5(CN=O)CC5)cc4)cc2CC3(F)F)n1. The standard InChI is InChI=1S/C29H31F2N5O4/c1-18(2)24-33-26(40-35-24)36-13-11-28(12-14-36)29(30,31)16-22-15-21(7-8-23(22)39-28)19-3-5-20(6-4-19)25(37)34-27(9-10-27)17-32-38/h3-8,15,18H,9-14,16-17H2,1-2H3,(H,34,37). The molecule has 9 nitrogen and oxygen atoms in total. The molecule has 2 aliphatic heterocycles. The van der Waals surface area contributed by atoms with Gasteiger partial charge in [-0.25, -0.2) is 8.78 Å². The first-order chi connectivity index (χ1) is 19.1. The van der Waals surface area contributed by atoms with E-state index in [-0.39, 0.29) is 31.2 Å². The molecule has 1 spiro atoms. The van der Waals surface area contributed by atoms with Gasteiger partial charge in [0.15, 0.2) is 11.4 Å². The summed E-state index contributed by atoms with van der Waals surface area (Å²) in [6.45, 7) is 4.65. The van der Waals surface area contributed by atoms with Gasteiger partial charge in [0.1, 0.15) is 12.3 Å². The van der Waals surface area contributed by atoms with Crippen molar-refractivity contribution in [3.63, 3.8) is 0 Å². The van der Waals surface area contributed by atoms with Crippen LogP contribution in [-0.2, 0) is 6.42 Å². The number of nitroso groups, excluding NO2 is 1. The number of piperidine rings is 1. The summed E-state index contributed by atoms with van der Waals surface area (Å²) in [7, 11) is 0. The van der Waals surface area contributed by atoms with E-state index in [1.54, 1.807) is 36.4 Å². The Labute approximate surface area is 230 Å². The summed E-state index contributed by atoms with van der Waals surface area (Å²) >= 11 is 0. The zero-order valence-electron chi connectivity index (χ0n) is 22.5. The first-order valence-corrected chi connectivity index (χ1v) is 13.6. The van der Waals surface area contributed by atoms with E-state index in [4.69, 9.17) is 9.26 Å². The van der Waals surface area contributed by atoms with Gasteiger partial charge in [0, 0.05) is 49.4 Å². The number of benzene rings is 2. The summed E-state index contributed by atoms with van der Waals surface area (Å²) < 4.78 is 42.8. The molecule has 0 atom stereocenters. The smallest absolute Gasteiger partial charge is 0.324 e. The second-order valence-corrected chi connectivity index (χ2v) is 11.5. The third-order valence-electron chi connectivity index (χ3n) is 8.31. The predicted octanol–water partition coefficient (Wildman–Crippen LogP) is 5.50. The van der Waals surface area contributed by atoms with Gasteiger partial charge in [-0.1, -0.05) is 42.4 Å². The Bertz CT molecular complexity index is 1430. The number of carbonyl (C=O) groups excluding carboxylic acids is 1. The Morgan fingerprint density at radius 1 is 1.07 bits per heavy atom. The minimum absolute atomic E-state index is 0.0655. The lowest BCUT2D eigenvalue weighted by Gasteiger charge is -2.48. The number of fused-ring (bicyclic) bond motifs is 1. The maximum atomic E-state index is 15.7. The molecule has 1 aromatic heterocycles. The summed E-state index contributed by atoms with van der Waals surface area (Å²) in [5.41, 5.74) is 0.367. The second kappa shape index (κ2) is 9.64. The summed E-state index contributed by atoms with van der Waals surface area (Å²) in [4.78, 5) is 29.5. The average molecular weight is 552 g/mol. The Morgan fingerprint density at radius 2 is 1.77 bits per heavy atom. The summed E-state index contributed by atoms with van der Waals surface area (Å²) in [5, 5.41) is 9.80. The minimum atomic E-state index is -3.06. The van der Waals surface area contributed by atoms with E-state index in [9.17, 15) is 9.70 Å². The van der Waals surface area contributed by atoms with Crippen molar-refractivity contribution in [2.75, 3.05) is 24.5 Å². The van der Waals surface area contributed by atoms with Crippen molar-refractivity contribution in [1.82, 2.24) is 15.5 Å². The van der Waals surface area contributed by atoms with Crippen molar-refractivity contribution in [1.29, 1.82) is 0 Å². The number of nitrogens with zero attached hydrogens (tertiary/aromatic N) is 4. The molecule has 1 aliphatic carbocycles. The number of halogens is 2. The van der Waals surface area contributed by atoms with Crippen LogP contribution in [0, 0.1) is 4.91 Å². The lowest BCUT2D eigenvalue weighted by molar-refractivity contribution is -0.185. The van der Waals surface area contributed by atoms with Crippen molar-refractivity contribution in [2.45, 2.75) is 68.9 Å². The molecule has 1 saturated heterocycles. The topological polar surface area (TPSA) is 110 Å².